The van der Waals surface area contributed by atoms with Crippen LogP contribution in [-0.4, -0.2) is 56.4 Å². The van der Waals surface area contributed by atoms with Gasteiger partial charge in [-0.15, -0.1) is 0 Å². The highest BCUT2D eigenvalue weighted by Crippen LogP contribution is 2.21. The van der Waals surface area contributed by atoms with E-state index in [2.05, 4.69) is 10.6 Å². The summed E-state index contributed by atoms with van der Waals surface area (Å²) in [5.41, 5.74) is 2.08. The van der Waals surface area contributed by atoms with E-state index in [4.69, 9.17) is 0 Å². The maximum absolute atomic E-state index is 12.2. The molecule has 2 aromatic carbocycles. The largest absolute Gasteiger partial charge is 0.378 e. The number of hydrogen-bond donors (Lipinski definition) is 2. The van der Waals surface area contributed by atoms with Gasteiger partial charge in [-0.25, -0.2) is 0 Å². The Bertz CT molecular complexity index is 881. The van der Waals surface area contributed by atoms with Gasteiger partial charge in [-0.3, -0.25) is 19.7 Å². The molecule has 0 radical (unpaired) electrons. The van der Waals surface area contributed by atoms with Crippen molar-refractivity contribution < 1.29 is 14.5 Å². The lowest BCUT2D eigenvalue weighted by molar-refractivity contribution is -0.384. The molecule has 1 atom stereocenters. The summed E-state index contributed by atoms with van der Waals surface area (Å²) in [4.78, 5) is 38.5. The van der Waals surface area contributed by atoms with Gasteiger partial charge in [0.1, 0.15) is 0 Å². The van der Waals surface area contributed by atoms with Crippen LogP contribution in [0.25, 0.3) is 0 Å². The summed E-state index contributed by atoms with van der Waals surface area (Å²) < 4.78 is 0. The molecule has 0 bridgehead atoms. The number of nitro benzene ring substituents is 1. The summed E-state index contributed by atoms with van der Waals surface area (Å²) >= 11 is 0. The zero-order chi connectivity index (χ0) is 21.6. The molecule has 0 saturated heterocycles. The first-order valence-corrected chi connectivity index (χ1v) is 8.96. The first kappa shape index (κ1) is 21.8. The van der Waals surface area contributed by atoms with Crippen molar-refractivity contribution >= 4 is 28.9 Å². The molecular formula is C20H25N5O4. The van der Waals surface area contributed by atoms with E-state index in [1.807, 2.05) is 62.3 Å². The third-order valence-corrected chi connectivity index (χ3v) is 4.39. The molecule has 9 heteroatoms. The fraction of sp³-hybridized carbons (Fsp3) is 0.300. The molecule has 0 saturated carbocycles. The van der Waals surface area contributed by atoms with Gasteiger partial charge in [0, 0.05) is 44.1 Å². The number of non-ortho nitro benzene ring substituents is 1. The van der Waals surface area contributed by atoms with E-state index in [1.54, 1.807) is 0 Å². The lowest BCUT2D eigenvalue weighted by Crippen LogP contribution is -2.40. The van der Waals surface area contributed by atoms with E-state index in [1.165, 1.54) is 24.3 Å². The van der Waals surface area contributed by atoms with Crippen LogP contribution in [-0.2, 0) is 9.59 Å². The van der Waals surface area contributed by atoms with Gasteiger partial charge < -0.3 is 20.4 Å². The van der Waals surface area contributed by atoms with Gasteiger partial charge in [0.2, 0.25) is 0 Å². The third-order valence-electron chi connectivity index (χ3n) is 4.39. The molecule has 0 fully saturated rings. The average Bonchev–Trinajstić information content (AvgIpc) is 2.68. The molecule has 0 unspecified atom stereocenters. The number of carbonyl (C=O) groups is 2. The van der Waals surface area contributed by atoms with Gasteiger partial charge >= 0.3 is 11.8 Å². The van der Waals surface area contributed by atoms with Gasteiger partial charge in [0.05, 0.1) is 11.0 Å². The number of hydrogen-bond acceptors (Lipinski definition) is 6. The van der Waals surface area contributed by atoms with Gasteiger partial charge in [-0.2, -0.15) is 0 Å². The van der Waals surface area contributed by atoms with Gasteiger partial charge in [-0.05, 0) is 37.9 Å². The molecule has 0 spiro atoms. The second-order valence-electron chi connectivity index (χ2n) is 6.94. The number of nitro groups is 1. The highest BCUT2D eigenvalue weighted by atomic mass is 16.6. The normalized spacial score (nSPS) is 11.6. The number of likely N-dealkylation sites (N-methyl/N-ethyl adjacent to an activating group) is 1. The number of carbonyl (C=O) groups excluding carboxylic acids is 2. The Kier molecular flexibility index (Phi) is 7.27. The van der Waals surface area contributed by atoms with Crippen LogP contribution in [0.3, 0.4) is 0 Å². The van der Waals surface area contributed by atoms with Crippen LogP contribution >= 0.6 is 0 Å². The predicted octanol–water partition coefficient (Wildman–Crippen LogP) is 2.02. The second kappa shape index (κ2) is 9.65. The summed E-state index contributed by atoms with van der Waals surface area (Å²) in [5, 5.41) is 15.8. The standard InChI is InChI=1S/C20H25N5O4/c1-23(2)16-10-8-14(9-11-16)18(24(3)4)13-21-19(26)20(27)22-15-6-5-7-17(12-15)25(28)29/h5-12,18H,13H2,1-4H3,(H,21,26)(H,22,27)/t18-/m0/s1. The number of benzene rings is 2. The minimum absolute atomic E-state index is 0.124. The molecular weight excluding hydrogens is 374 g/mol. The topological polar surface area (TPSA) is 108 Å². The molecule has 2 N–H and O–H groups in total. The number of nitrogens with one attached hydrogen (secondary N) is 2. The van der Waals surface area contributed by atoms with Crippen LogP contribution in [0.1, 0.15) is 11.6 Å². The van der Waals surface area contributed by atoms with Crippen molar-refractivity contribution in [2.45, 2.75) is 6.04 Å². The van der Waals surface area contributed by atoms with E-state index in [0.717, 1.165) is 11.3 Å². The summed E-state index contributed by atoms with van der Waals surface area (Å²) in [6.07, 6.45) is 0. The molecule has 0 heterocycles. The molecule has 2 amide bonds. The van der Waals surface area contributed by atoms with Crippen LogP contribution in [0.2, 0.25) is 0 Å². The highest BCUT2D eigenvalue weighted by molar-refractivity contribution is 6.39. The van der Waals surface area contributed by atoms with Crippen molar-refractivity contribution in [3.05, 3.63) is 64.2 Å². The van der Waals surface area contributed by atoms with E-state index < -0.39 is 16.7 Å². The SMILES string of the molecule is CN(C)c1ccc([C@H](CNC(=O)C(=O)Nc2cccc([N+](=O)[O-])c2)N(C)C)cc1. The van der Waals surface area contributed by atoms with Crippen LogP contribution in [0, 0.1) is 10.1 Å². The maximum Gasteiger partial charge on any atom is 0.313 e. The van der Waals surface area contributed by atoms with Crippen molar-refractivity contribution in [2.24, 2.45) is 0 Å². The number of anilines is 2. The Morgan fingerprint density at radius 1 is 1.03 bits per heavy atom. The molecule has 2 aromatic rings. The molecule has 0 aliphatic rings. The number of nitrogens with zero attached hydrogens (tertiary/aromatic N) is 3. The fourth-order valence-corrected chi connectivity index (χ4v) is 2.75. The zero-order valence-electron chi connectivity index (χ0n) is 16.9. The first-order chi connectivity index (χ1) is 13.7. The number of amides is 2. The van der Waals surface area contributed by atoms with Gasteiger partial charge in [0.15, 0.2) is 0 Å². The molecule has 0 aliphatic carbocycles. The van der Waals surface area contributed by atoms with Crippen molar-refractivity contribution in [1.82, 2.24) is 10.2 Å². The summed E-state index contributed by atoms with van der Waals surface area (Å²) in [6, 6.07) is 13.2. The molecule has 9 nitrogen and oxygen atoms in total. The van der Waals surface area contributed by atoms with E-state index in [-0.39, 0.29) is 24.0 Å². The Morgan fingerprint density at radius 2 is 1.69 bits per heavy atom. The third kappa shape index (κ3) is 6.01. The molecule has 154 valence electrons. The summed E-state index contributed by atoms with van der Waals surface area (Å²) in [5.74, 6) is -1.70. The first-order valence-electron chi connectivity index (χ1n) is 8.96. The van der Waals surface area contributed by atoms with Crippen LogP contribution < -0.4 is 15.5 Å². The Hall–Kier alpha value is -3.46. The lowest BCUT2D eigenvalue weighted by atomic mass is 10.1. The quantitative estimate of drug-likeness (QED) is 0.419. The summed E-state index contributed by atoms with van der Waals surface area (Å²) in [6.45, 7) is 0.232. The lowest BCUT2D eigenvalue weighted by Gasteiger charge is -2.25. The van der Waals surface area contributed by atoms with Crippen LogP contribution in [0.5, 0.6) is 0 Å². The van der Waals surface area contributed by atoms with E-state index in [0.29, 0.717) is 0 Å². The molecule has 2 rings (SSSR count). The average molecular weight is 399 g/mol. The predicted molar refractivity (Wildman–Crippen MR) is 112 cm³/mol. The number of rotatable bonds is 7. The van der Waals surface area contributed by atoms with Gasteiger partial charge in [0.25, 0.3) is 5.69 Å². The highest BCUT2D eigenvalue weighted by Gasteiger charge is 2.19. The Balaban J connectivity index is 2.00. The minimum Gasteiger partial charge on any atom is -0.378 e. The van der Waals surface area contributed by atoms with Crippen molar-refractivity contribution in [1.29, 1.82) is 0 Å². The smallest absolute Gasteiger partial charge is 0.313 e. The molecule has 0 aromatic heterocycles. The Labute approximate surface area is 169 Å². The minimum atomic E-state index is -0.883. The van der Waals surface area contributed by atoms with Crippen molar-refractivity contribution in [3.8, 4) is 0 Å². The summed E-state index contributed by atoms with van der Waals surface area (Å²) in [7, 11) is 7.69. The van der Waals surface area contributed by atoms with E-state index >= 15 is 0 Å². The van der Waals surface area contributed by atoms with Crippen molar-refractivity contribution in [2.75, 3.05) is 45.0 Å². The van der Waals surface area contributed by atoms with Crippen LogP contribution in [0.15, 0.2) is 48.5 Å². The van der Waals surface area contributed by atoms with Crippen LogP contribution in [0.4, 0.5) is 17.1 Å². The second-order valence-corrected chi connectivity index (χ2v) is 6.94. The van der Waals surface area contributed by atoms with E-state index in [9.17, 15) is 19.7 Å². The molecule has 0 aliphatic heterocycles. The van der Waals surface area contributed by atoms with Gasteiger partial charge in [-0.1, -0.05) is 18.2 Å². The fourth-order valence-electron chi connectivity index (χ4n) is 2.75. The zero-order valence-corrected chi connectivity index (χ0v) is 16.9. The Morgan fingerprint density at radius 3 is 2.24 bits per heavy atom. The monoisotopic (exact) mass is 399 g/mol. The van der Waals surface area contributed by atoms with Crippen molar-refractivity contribution in [3.63, 3.8) is 0 Å². The maximum atomic E-state index is 12.2. The molecule has 29 heavy (non-hydrogen) atoms.